The molecule has 3 heterocycles. The van der Waals surface area contributed by atoms with E-state index in [4.69, 9.17) is 5.26 Å². The van der Waals surface area contributed by atoms with Gasteiger partial charge in [0, 0.05) is 31.6 Å². The van der Waals surface area contributed by atoms with E-state index in [2.05, 4.69) is 15.3 Å². The van der Waals surface area contributed by atoms with Crippen LogP contribution in [0.2, 0.25) is 0 Å². The lowest BCUT2D eigenvalue weighted by molar-refractivity contribution is -0.120. The minimum atomic E-state index is -2.94. The monoisotopic (exact) mass is 421 g/mol. The van der Waals surface area contributed by atoms with Crippen LogP contribution in [-0.4, -0.2) is 44.6 Å². The van der Waals surface area contributed by atoms with Gasteiger partial charge in [-0.2, -0.15) is 15.9 Å². The Labute approximate surface area is 166 Å². The van der Waals surface area contributed by atoms with Gasteiger partial charge in [0.15, 0.2) is 5.82 Å². The Morgan fingerprint density at radius 2 is 1.97 bits per heavy atom. The van der Waals surface area contributed by atoms with Gasteiger partial charge >= 0.3 is 0 Å². The average Bonchev–Trinajstić information content (AvgIpc) is 2.82. The van der Waals surface area contributed by atoms with E-state index >= 15 is 0 Å². The van der Waals surface area contributed by atoms with E-state index < -0.39 is 27.8 Å². The molecule has 1 saturated heterocycles. The summed E-state index contributed by atoms with van der Waals surface area (Å²) in [6.45, 7) is 1.15. The van der Waals surface area contributed by atoms with Gasteiger partial charge in [0.1, 0.15) is 23.5 Å². The Kier molecular flexibility index (Phi) is 4.85. The SMILES string of the molecule is N#Cc1cc(F)c(-c2nc3c(c(N4CCNC(=O)CC4)n2)CS(O)(O)C3)cc1F. The highest BCUT2D eigenvalue weighted by Crippen LogP contribution is 2.54. The molecule has 1 amide bonds. The van der Waals surface area contributed by atoms with Crippen LogP contribution >= 0.6 is 10.6 Å². The summed E-state index contributed by atoms with van der Waals surface area (Å²) >= 11 is 0. The highest BCUT2D eigenvalue weighted by atomic mass is 32.3. The van der Waals surface area contributed by atoms with Crippen molar-refractivity contribution >= 4 is 22.3 Å². The molecule has 2 aliphatic rings. The van der Waals surface area contributed by atoms with Crippen LogP contribution < -0.4 is 10.2 Å². The lowest BCUT2D eigenvalue weighted by Crippen LogP contribution is -2.30. The number of nitriles is 1. The van der Waals surface area contributed by atoms with E-state index in [1.165, 1.54) is 0 Å². The summed E-state index contributed by atoms with van der Waals surface area (Å²) < 4.78 is 49.0. The van der Waals surface area contributed by atoms with Crippen molar-refractivity contribution in [2.24, 2.45) is 0 Å². The molecule has 2 aromatic rings. The van der Waals surface area contributed by atoms with Crippen LogP contribution in [-0.2, 0) is 16.3 Å². The normalized spacial score (nSPS) is 19.1. The van der Waals surface area contributed by atoms with E-state index in [9.17, 15) is 22.7 Å². The van der Waals surface area contributed by atoms with E-state index in [1.54, 1.807) is 11.0 Å². The topological polar surface area (TPSA) is 122 Å². The molecule has 0 spiro atoms. The van der Waals surface area contributed by atoms with Gasteiger partial charge in [-0.15, -0.1) is 0 Å². The van der Waals surface area contributed by atoms with Gasteiger partial charge < -0.3 is 10.2 Å². The number of aromatic nitrogens is 2. The second kappa shape index (κ2) is 7.22. The molecule has 0 unspecified atom stereocenters. The standard InChI is InChI=1S/C18H17F2N5O3S/c19-13-6-11(14(20)5-10(13)7-21)17-23-15-9-29(27,28)8-12(15)18(24-17)25-3-1-16(26)22-2-4-25/h5-6,27-28H,1-4,8-9H2,(H,22,26). The lowest BCUT2D eigenvalue weighted by Gasteiger charge is -2.26. The molecule has 11 heteroatoms. The maximum Gasteiger partial charge on any atom is 0.221 e. The number of hydrogen-bond donors (Lipinski definition) is 3. The van der Waals surface area contributed by atoms with Crippen molar-refractivity contribution in [1.82, 2.24) is 15.3 Å². The quantitative estimate of drug-likeness (QED) is 0.680. The number of carbonyl (C=O) groups is 1. The fourth-order valence-corrected chi connectivity index (χ4v) is 4.99. The molecule has 8 nitrogen and oxygen atoms in total. The first-order chi connectivity index (χ1) is 13.8. The molecular formula is C18H17F2N5O3S. The first-order valence-corrected chi connectivity index (χ1v) is 10.7. The van der Waals surface area contributed by atoms with Crippen molar-refractivity contribution in [3.05, 3.63) is 40.6 Å². The third kappa shape index (κ3) is 3.74. The summed E-state index contributed by atoms with van der Waals surface area (Å²) in [6.07, 6.45) is 0.226. The number of fused-ring (bicyclic) bond motifs is 1. The van der Waals surface area contributed by atoms with Crippen LogP contribution in [0.25, 0.3) is 11.4 Å². The second-order valence-electron chi connectivity index (χ2n) is 6.90. The molecule has 0 bridgehead atoms. The Hall–Kier alpha value is -2.81. The Bertz CT molecular complexity index is 1060. The Morgan fingerprint density at radius 3 is 2.72 bits per heavy atom. The fraction of sp³-hybridized carbons (Fsp3) is 0.333. The molecule has 29 heavy (non-hydrogen) atoms. The third-order valence-electron chi connectivity index (χ3n) is 4.84. The van der Waals surface area contributed by atoms with E-state index in [0.717, 1.165) is 12.1 Å². The van der Waals surface area contributed by atoms with E-state index in [-0.39, 0.29) is 35.2 Å². The van der Waals surface area contributed by atoms with Crippen LogP contribution in [0.3, 0.4) is 0 Å². The molecule has 0 saturated carbocycles. The number of benzene rings is 1. The van der Waals surface area contributed by atoms with Crippen LogP contribution in [0.15, 0.2) is 12.1 Å². The Morgan fingerprint density at radius 1 is 1.17 bits per heavy atom. The molecule has 1 fully saturated rings. The lowest BCUT2D eigenvalue weighted by atomic mass is 10.1. The first-order valence-electron chi connectivity index (χ1n) is 8.82. The fourth-order valence-electron chi connectivity index (χ4n) is 3.45. The molecule has 1 aromatic heterocycles. The zero-order valence-electron chi connectivity index (χ0n) is 15.2. The van der Waals surface area contributed by atoms with Crippen LogP contribution in [0, 0.1) is 23.0 Å². The number of nitrogens with one attached hydrogen (secondary N) is 1. The summed E-state index contributed by atoms with van der Waals surface area (Å²) in [7, 11) is -2.94. The zero-order chi connectivity index (χ0) is 20.8. The van der Waals surface area contributed by atoms with Gasteiger partial charge in [0.2, 0.25) is 5.91 Å². The largest absolute Gasteiger partial charge is 0.354 e. The summed E-state index contributed by atoms with van der Waals surface area (Å²) in [5, 5.41) is 11.6. The minimum absolute atomic E-state index is 0.0277. The van der Waals surface area contributed by atoms with Gasteiger partial charge in [-0.25, -0.2) is 18.7 Å². The molecule has 0 aliphatic carbocycles. The molecule has 1 aromatic carbocycles. The van der Waals surface area contributed by atoms with Crippen LogP contribution in [0.5, 0.6) is 0 Å². The number of anilines is 1. The molecular weight excluding hydrogens is 404 g/mol. The molecule has 0 radical (unpaired) electrons. The van der Waals surface area contributed by atoms with Gasteiger partial charge in [-0.1, -0.05) is 0 Å². The maximum atomic E-state index is 14.5. The van der Waals surface area contributed by atoms with E-state index in [0.29, 0.717) is 36.7 Å². The summed E-state index contributed by atoms with van der Waals surface area (Å²) in [6, 6.07) is 3.22. The average molecular weight is 421 g/mol. The number of halogens is 2. The van der Waals surface area contributed by atoms with Gasteiger partial charge in [-0.3, -0.25) is 13.9 Å². The van der Waals surface area contributed by atoms with E-state index in [1.807, 2.05) is 0 Å². The second-order valence-corrected chi connectivity index (χ2v) is 9.08. The predicted octanol–water partition coefficient (Wildman–Crippen LogP) is 2.38. The number of carbonyl (C=O) groups excluding carboxylic acids is 1. The van der Waals surface area contributed by atoms with Crippen molar-refractivity contribution in [3.63, 3.8) is 0 Å². The van der Waals surface area contributed by atoms with Crippen molar-refractivity contribution < 1.29 is 22.7 Å². The van der Waals surface area contributed by atoms with Crippen LogP contribution in [0.1, 0.15) is 23.2 Å². The van der Waals surface area contributed by atoms with Gasteiger partial charge in [0.05, 0.1) is 28.3 Å². The number of hydrogen-bond acceptors (Lipinski definition) is 7. The smallest absolute Gasteiger partial charge is 0.221 e. The molecule has 4 rings (SSSR count). The molecule has 152 valence electrons. The number of amides is 1. The summed E-state index contributed by atoms with van der Waals surface area (Å²) in [5.41, 5.74) is 0.243. The number of rotatable bonds is 2. The minimum Gasteiger partial charge on any atom is -0.354 e. The summed E-state index contributed by atoms with van der Waals surface area (Å²) in [5.74, 6) is -1.73. The van der Waals surface area contributed by atoms with Crippen LogP contribution in [0.4, 0.5) is 14.6 Å². The summed E-state index contributed by atoms with van der Waals surface area (Å²) in [4.78, 5) is 22.1. The zero-order valence-corrected chi connectivity index (χ0v) is 16.0. The third-order valence-corrected chi connectivity index (χ3v) is 6.33. The van der Waals surface area contributed by atoms with Crippen molar-refractivity contribution in [1.29, 1.82) is 5.26 Å². The first kappa shape index (κ1) is 19.5. The van der Waals surface area contributed by atoms with Crippen molar-refractivity contribution in [2.45, 2.75) is 17.9 Å². The maximum absolute atomic E-state index is 14.5. The molecule has 2 aliphatic heterocycles. The van der Waals surface area contributed by atoms with Crippen molar-refractivity contribution in [3.8, 4) is 17.5 Å². The number of nitrogens with zero attached hydrogens (tertiary/aromatic N) is 4. The van der Waals surface area contributed by atoms with Gasteiger partial charge in [-0.05, 0) is 12.1 Å². The molecule has 3 N–H and O–H groups in total. The molecule has 0 atom stereocenters. The van der Waals surface area contributed by atoms with Crippen molar-refractivity contribution in [2.75, 3.05) is 24.5 Å². The highest BCUT2D eigenvalue weighted by Gasteiger charge is 2.33. The highest BCUT2D eigenvalue weighted by molar-refractivity contribution is 8.23. The Balaban J connectivity index is 1.84. The predicted molar refractivity (Wildman–Crippen MR) is 102 cm³/mol. The van der Waals surface area contributed by atoms with Gasteiger partial charge in [0.25, 0.3) is 0 Å².